The Morgan fingerprint density at radius 3 is 2.32 bits per heavy atom. The Labute approximate surface area is 146 Å². The first-order chi connectivity index (χ1) is 11.8. The van der Waals surface area contributed by atoms with Crippen molar-refractivity contribution in [1.82, 2.24) is 15.5 Å². The summed E-state index contributed by atoms with van der Waals surface area (Å²) >= 11 is 0. The quantitative estimate of drug-likeness (QED) is 0.792. The molecule has 0 spiro atoms. The number of anilines is 1. The van der Waals surface area contributed by atoms with Crippen LogP contribution in [-0.2, 0) is 4.79 Å². The molecule has 1 atom stereocenters. The topological polar surface area (TPSA) is 81.8 Å². The number of rotatable bonds is 4. The first-order valence-electron chi connectivity index (χ1n) is 8.15. The Kier molecular flexibility index (Phi) is 6.08. The van der Waals surface area contributed by atoms with E-state index in [2.05, 4.69) is 10.6 Å². The number of ketones is 1. The molecule has 2 N–H and O–H groups in total. The maximum atomic E-state index is 14.2. The van der Waals surface area contributed by atoms with Crippen molar-refractivity contribution in [3.05, 3.63) is 29.6 Å². The summed E-state index contributed by atoms with van der Waals surface area (Å²) in [5.74, 6) is -0.970. The van der Waals surface area contributed by atoms with Crippen molar-refractivity contribution in [2.45, 2.75) is 19.9 Å². The van der Waals surface area contributed by atoms with Gasteiger partial charge in [0.15, 0.2) is 5.78 Å². The zero-order valence-electron chi connectivity index (χ0n) is 14.6. The first-order valence-corrected chi connectivity index (χ1v) is 8.15. The lowest BCUT2D eigenvalue weighted by Crippen LogP contribution is -2.55. The van der Waals surface area contributed by atoms with Crippen LogP contribution in [0.2, 0.25) is 0 Å². The van der Waals surface area contributed by atoms with Crippen LogP contribution in [0.25, 0.3) is 0 Å². The number of carbonyl (C=O) groups excluding carboxylic acids is 3. The van der Waals surface area contributed by atoms with E-state index in [-0.39, 0.29) is 11.7 Å². The fourth-order valence-corrected chi connectivity index (χ4v) is 2.78. The van der Waals surface area contributed by atoms with Crippen molar-refractivity contribution in [2.24, 2.45) is 0 Å². The number of halogens is 1. The minimum atomic E-state index is -0.539. The third-order valence-electron chi connectivity index (χ3n) is 4.40. The standard InChI is InChI=1S/C17H23FN4O3/c1-11(16(24)20-17(25)19-3)21-6-8-22(9-7-21)15-5-4-13(12(2)23)10-14(15)18/h4-5,10-11H,6-9H2,1-3H3,(H2,19,20,24,25). The Morgan fingerprint density at radius 1 is 1.16 bits per heavy atom. The third kappa shape index (κ3) is 4.54. The van der Waals surface area contributed by atoms with Gasteiger partial charge in [0.1, 0.15) is 5.82 Å². The Hall–Kier alpha value is -2.48. The molecular weight excluding hydrogens is 327 g/mol. The minimum Gasteiger partial charge on any atom is -0.367 e. The molecule has 0 radical (unpaired) electrons. The highest BCUT2D eigenvalue weighted by atomic mass is 19.1. The molecule has 3 amide bonds. The summed E-state index contributed by atoms with van der Waals surface area (Å²) in [5, 5.41) is 4.60. The van der Waals surface area contributed by atoms with Gasteiger partial charge < -0.3 is 10.2 Å². The first kappa shape index (κ1) is 18.9. The second kappa shape index (κ2) is 8.06. The number of amides is 3. The molecule has 1 fully saturated rings. The maximum absolute atomic E-state index is 14.2. The lowest BCUT2D eigenvalue weighted by Gasteiger charge is -2.38. The summed E-state index contributed by atoms with van der Waals surface area (Å²) in [6.45, 7) is 5.36. The molecule has 1 aromatic carbocycles. The Balaban J connectivity index is 1.96. The van der Waals surface area contributed by atoms with E-state index in [1.165, 1.54) is 20.0 Å². The molecule has 1 aliphatic rings. The van der Waals surface area contributed by atoms with Crippen LogP contribution in [0, 0.1) is 5.82 Å². The van der Waals surface area contributed by atoms with Crippen molar-refractivity contribution in [3.63, 3.8) is 0 Å². The summed E-state index contributed by atoms with van der Waals surface area (Å²) in [7, 11) is 1.44. The van der Waals surface area contributed by atoms with E-state index in [4.69, 9.17) is 0 Å². The summed E-state index contributed by atoms with van der Waals surface area (Å²) < 4.78 is 14.2. The van der Waals surface area contributed by atoms with Gasteiger partial charge in [0.25, 0.3) is 0 Å². The number of nitrogens with zero attached hydrogens (tertiary/aromatic N) is 2. The lowest BCUT2D eigenvalue weighted by atomic mass is 10.1. The van der Waals surface area contributed by atoms with E-state index in [9.17, 15) is 18.8 Å². The van der Waals surface area contributed by atoms with Crippen molar-refractivity contribution in [1.29, 1.82) is 0 Å². The Bertz CT molecular complexity index is 672. The van der Waals surface area contributed by atoms with Crippen LogP contribution in [-0.4, -0.2) is 61.9 Å². The molecule has 1 aromatic rings. The summed E-state index contributed by atoms with van der Waals surface area (Å²) in [4.78, 5) is 38.4. The third-order valence-corrected chi connectivity index (χ3v) is 4.40. The predicted octanol–water partition coefficient (Wildman–Crippen LogP) is 0.994. The summed E-state index contributed by atoms with van der Waals surface area (Å²) in [6, 6.07) is 3.49. The van der Waals surface area contributed by atoms with Crippen LogP contribution in [0.3, 0.4) is 0 Å². The average Bonchev–Trinajstić information content (AvgIpc) is 2.60. The van der Waals surface area contributed by atoms with Gasteiger partial charge in [0, 0.05) is 38.8 Å². The van der Waals surface area contributed by atoms with Crippen LogP contribution in [0.15, 0.2) is 18.2 Å². The van der Waals surface area contributed by atoms with Crippen LogP contribution in [0.1, 0.15) is 24.2 Å². The van der Waals surface area contributed by atoms with Gasteiger partial charge in [-0.1, -0.05) is 0 Å². The number of imide groups is 1. The van der Waals surface area contributed by atoms with Gasteiger partial charge in [0.05, 0.1) is 11.7 Å². The molecular formula is C17H23FN4O3. The average molecular weight is 350 g/mol. The van der Waals surface area contributed by atoms with Crippen molar-refractivity contribution in [3.8, 4) is 0 Å². The molecule has 1 heterocycles. The van der Waals surface area contributed by atoms with E-state index < -0.39 is 17.9 Å². The molecule has 136 valence electrons. The van der Waals surface area contributed by atoms with E-state index in [1.54, 1.807) is 19.1 Å². The van der Waals surface area contributed by atoms with Gasteiger partial charge in [0.2, 0.25) is 5.91 Å². The fraction of sp³-hybridized carbons (Fsp3) is 0.471. The normalized spacial score (nSPS) is 16.2. The second-order valence-electron chi connectivity index (χ2n) is 5.99. The SMILES string of the molecule is CNC(=O)NC(=O)C(C)N1CCN(c2ccc(C(C)=O)cc2F)CC1. The van der Waals surface area contributed by atoms with Gasteiger partial charge in [-0.15, -0.1) is 0 Å². The number of hydrogen-bond acceptors (Lipinski definition) is 5. The van der Waals surface area contributed by atoms with Crippen LogP contribution in [0.4, 0.5) is 14.9 Å². The highest BCUT2D eigenvalue weighted by Gasteiger charge is 2.27. The Morgan fingerprint density at radius 2 is 1.80 bits per heavy atom. The molecule has 0 bridgehead atoms. The number of benzene rings is 1. The van der Waals surface area contributed by atoms with Gasteiger partial charge in [-0.25, -0.2) is 9.18 Å². The molecule has 1 saturated heterocycles. The maximum Gasteiger partial charge on any atom is 0.321 e. The zero-order valence-corrected chi connectivity index (χ0v) is 14.6. The second-order valence-corrected chi connectivity index (χ2v) is 5.99. The highest BCUT2D eigenvalue weighted by Crippen LogP contribution is 2.22. The molecule has 25 heavy (non-hydrogen) atoms. The molecule has 8 heteroatoms. The van der Waals surface area contributed by atoms with Gasteiger partial charge in [-0.3, -0.25) is 19.8 Å². The number of hydrogen-bond donors (Lipinski definition) is 2. The predicted molar refractivity (Wildman–Crippen MR) is 92.3 cm³/mol. The van der Waals surface area contributed by atoms with Crippen LogP contribution in [0.5, 0.6) is 0 Å². The smallest absolute Gasteiger partial charge is 0.321 e. The molecule has 1 aliphatic heterocycles. The van der Waals surface area contributed by atoms with Gasteiger partial charge in [-0.05, 0) is 32.0 Å². The molecule has 1 unspecified atom stereocenters. The van der Waals surface area contributed by atoms with E-state index in [0.717, 1.165) is 0 Å². The van der Waals surface area contributed by atoms with E-state index in [0.29, 0.717) is 37.4 Å². The van der Waals surface area contributed by atoms with E-state index >= 15 is 0 Å². The summed E-state index contributed by atoms with van der Waals surface area (Å²) in [6.07, 6.45) is 0. The van der Waals surface area contributed by atoms with Crippen LogP contribution < -0.4 is 15.5 Å². The number of nitrogens with one attached hydrogen (secondary N) is 2. The monoisotopic (exact) mass is 350 g/mol. The number of carbonyl (C=O) groups is 3. The van der Waals surface area contributed by atoms with Crippen LogP contribution >= 0.6 is 0 Å². The van der Waals surface area contributed by atoms with Crippen molar-refractivity contribution in [2.75, 3.05) is 38.1 Å². The summed E-state index contributed by atoms with van der Waals surface area (Å²) in [5.41, 5.74) is 0.798. The fourth-order valence-electron chi connectivity index (χ4n) is 2.78. The van der Waals surface area contributed by atoms with Crippen molar-refractivity contribution < 1.29 is 18.8 Å². The number of urea groups is 1. The van der Waals surface area contributed by atoms with Gasteiger partial charge in [-0.2, -0.15) is 0 Å². The number of piperazine rings is 1. The zero-order chi connectivity index (χ0) is 18.6. The number of Topliss-reactive ketones (excluding diaryl/α,β-unsaturated/α-hetero) is 1. The molecule has 0 saturated carbocycles. The van der Waals surface area contributed by atoms with Crippen molar-refractivity contribution >= 4 is 23.4 Å². The van der Waals surface area contributed by atoms with E-state index in [1.807, 2.05) is 9.80 Å². The minimum absolute atomic E-state index is 0.175. The molecule has 2 rings (SSSR count). The highest BCUT2D eigenvalue weighted by molar-refractivity contribution is 5.96. The van der Waals surface area contributed by atoms with Gasteiger partial charge >= 0.3 is 6.03 Å². The molecule has 0 aliphatic carbocycles. The lowest BCUT2D eigenvalue weighted by molar-refractivity contribution is -0.124. The molecule has 7 nitrogen and oxygen atoms in total. The largest absolute Gasteiger partial charge is 0.367 e. The molecule has 0 aromatic heterocycles.